The monoisotopic (exact) mass is 875 g/mol. The number of nitrogens with zero attached hydrogens (tertiary/aromatic N) is 1. The fraction of sp³-hybridized carbons (Fsp3) is 0.0294. The predicted octanol–water partition coefficient (Wildman–Crippen LogP) is 17.2. The van der Waals surface area contributed by atoms with Crippen molar-refractivity contribution in [1.29, 1.82) is 0 Å². The summed E-state index contributed by atoms with van der Waals surface area (Å²) in [4.78, 5) is 2.42. The van der Waals surface area contributed by atoms with Crippen molar-refractivity contribution in [3.05, 3.63) is 317 Å². The van der Waals surface area contributed by atoms with Crippen LogP contribution in [0.1, 0.15) is 44.5 Å². The van der Waals surface area contributed by atoms with Crippen LogP contribution >= 0.6 is 0 Å². The average molecular weight is 876 g/mol. The van der Waals surface area contributed by atoms with Gasteiger partial charge in [0.1, 0.15) is 0 Å². The number of anilines is 3. The lowest BCUT2D eigenvalue weighted by molar-refractivity contribution is 0.633. The summed E-state index contributed by atoms with van der Waals surface area (Å²) < 4.78 is 0. The smallest absolute Gasteiger partial charge is 0.0726 e. The van der Waals surface area contributed by atoms with E-state index >= 15 is 0 Å². The lowest BCUT2D eigenvalue weighted by Crippen LogP contribution is -2.44. The van der Waals surface area contributed by atoms with Crippen LogP contribution in [0, 0.1) is 0 Å². The Hall–Kier alpha value is -8.78. The highest BCUT2D eigenvalue weighted by atomic mass is 15.1. The van der Waals surface area contributed by atoms with Gasteiger partial charge in [-0.2, -0.15) is 0 Å². The number of hydrogen-bond donors (Lipinski definition) is 0. The molecule has 11 aromatic carbocycles. The topological polar surface area (TPSA) is 3.24 Å². The Labute approximate surface area is 403 Å². The quantitative estimate of drug-likeness (QED) is 0.161. The molecule has 0 heterocycles. The second-order valence-corrected chi connectivity index (χ2v) is 18.7. The van der Waals surface area contributed by atoms with Crippen LogP contribution in [-0.4, -0.2) is 0 Å². The number of hydrogen-bond acceptors (Lipinski definition) is 1. The first-order chi connectivity index (χ1) is 34.2. The Morgan fingerprint density at radius 2 is 0.551 bits per heavy atom. The van der Waals surface area contributed by atoms with Crippen molar-refractivity contribution in [3.8, 4) is 55.6 Å². The van der Waals surface area contributed by atoms with E-state index in [0.29, 0.717) is 0 Å². The molecule has 0 unspecified atom stereocenters. The third-order valence-electron chi connectivity index (χ3n) is 15.3. The van der Waals surface area contributed by atoms with E-state index in [4.69, 9.17) is 0 Å². The third-order valence-corrected chi connectivity index (χ3v) is 15.3. The van der Waals surface area contributed by atoms with Crippen LogP contribution in [0.4, 0.5) is 17.1 Å². The standard InChI is InChI=1S/C68H45N/c1-3-20-46(21-4-1)48-40-42-51(43-41-48)69(52-26-17-24-49(44-52)47-22-5-2-6-23-47)53-27-18-25-50(45-53)54-31-19-32-58-57-30-9-12-35-61(57)68(66(54)58)64-38-15-13-36-62(64)67(63-37-14-16-39-65(63)68)59-33-10-7-28-55(59)56-29-8-11-34-60(56)67/h1-45H. The first kappa shape index (κ1) is 39.4. The van der Waals surface area contributed by atoms with Gasteiger partial charge >= 0.3 is 0 Å². The molecule has 3 aliphatic rings. The lowest BCUT2D eigenvalue weighted by Gasteiger charge is -2.49. The molecule has 0 fully saturated rings. The van der Waals surface area contributed by atoms with E-state index < -0.39 is 10.8 Å². The SMILES string of the molecule is c1ccc(-c2ccc(N(c3cccc(-c4ccccc4)c3)c3cccc(-c4cccc5c4C4(c6ccccc6-5)c5ccccc5C5(c6ccccc6-c6ccccc65)c5ccccc54)c3)cc2)cc1. The summed E-state index contributed by atoms with van der Waals surface area (Å²) in [6.07, 6.45) is 0. The highest BCUT2D eigenvalue weighted by Crippen LogP contribution is 2.68. The second kappa shape index (κ2) is 15.4. The second-order valence-electron chi connectivity index (χ2n) is 18.7. The maximum Gasteiger partial charge on any atom is 0.0726 e. The molecule has 11 aromatic rings. The zero-order chi connectivity index (χ0) is 45.5. The maximum atomic E-state index is 2.44. The van der Waals surface area contributed by atoms with E-state index in [1.54, 1.807) is 0 Å². The van der Waals surface area contributed by atoms with E-state index in [0.717, 1.165) is 17.1 Å². The van der Waals surface area contributed by atoms with Gasteiger partial charge in [0.2, 0.25) is 0 Å². The Morgan fingerprint density at radius 3 is 1.10 bits per heavy atom. The molecule has 0 saturated heterocycles. The molecule has 0 bridgehead atoms. The van der Waals surface area contributed by atoms with Gasteiger partial charge in [0.05, 0.1) is 10.8 Å². The van der Waals surface area contributed by atoms with E-state index in [1.165, 1.54) is 100 Å². The van der Waals surface area contributed by atoms with Gasteiger partial charge in [-0.3, -0.25) is 0 Å². The van der Waals surface area contributed by atoms with Gasteiger partial charge in [-0.1, -0.05) is 237 Å². The maximum absolute atomic E-state index is 2.44. The molecule has 0 aliphatic heterocycles. The first-order valence-corrected chi connectivity index (χ1v) is 24.1. The summed E-state index contributed by atoms with van der Waals surface area (Å²) in [5.74, 6) is 0. The normalized spacial score (nSPS) is 13.7. The van der Waals surface area contributed by atoms with Crippen LogP contribution < -0.4 is 4.90 Å². The molecule has 1 heteroatoms. The van der Waals surface area contributed by atoms with Crippen LogP contribution in [-0.2, 0) is 10.8 Å². The number of benzene rings is 11. The highest BCUT2D eigenvalue weighted by molar-refractivity contribution is 5.97. The van der Waals surface area contributed by atoms with Crippen LogP contribution in [0.25, 0.3) is 55.6 Å². The number of fused-ring (bicyclic) bond motifs is 16. The molecule has 0 radical (unpaired) electrons. The van der Waals surface area contributed by atoms with Crippen LogP contribution in [0.3, 0.4) is 0 Å². The summed E-state index contributed by atoms with van der Waals surface area (Å²) in [6.45, 7) is 0. The summed E-state index contributed by atoms with van der Waals surface area (Å²) >= 11 is 0. The van der Waals surface area contributed by atoms with Crippen molar-refractivity contribution in [2.24, 2.45) is 0 Å². The van der Waals surface area contributed by atoms with Crippen molar-refractivity contribution in [2.45, 2.75) is 10.8 Å². The van der Waals surface area contributed by atoms with E-state index in [2.05, 4.69) is 278 Å². The minimum absolute atomic E-state index is 0.497. The molecular weight excluding hydrogens is 831 g/mol. The van der Waals surface area contributed by atoms with Crippen LogP contribution in [0.15, 0.2) is 273 Å². The van der Waals surface area contributed by atoms with Gasteiger partial charge in [-0.15, -0.1) is 0 Å². The van der Waals surface area contributed by atoms with Gasteiger partial charge in [-0.25, -0.2) is 0 Å². The van der Waals surface area contributed by atoms with Crippen LogP contribution in [0.5, 0.6) is 0 Å². The molecule has 2 spiro atoms. The molecule has 14 rings (SSSR count). The summed E-state index contributed by atoms with van der Waals surface area (Å²) in [7, 11) is 0. The number of rotatable bonds is 6. The highest BCUT2D eigenvalue weighted by Gasteiger charge is 2.59. The lowest BCUT2D eigenvalue weighted by atomic mass is 9.52. The molecule has 0 aromatic heterocycles. The Balaban J connectivity index is 1.01. The van der Waals surface area contributed by atoms with Gasteiger partial charge in [0.15, 0.2) is 0 Å². The van der Waals surface area contributed by atoms with Gasteiger partial charge in [-0.05, 0) is 137 Å². The minimum atomic E-state index is -0.611. The molecule has 0 atom stereocenters. The largest absolute Gasteiger partial charge is 0.310 e. The predicted molar refractivity (Wildman–Crippen MR) is 286 cm³/mol. The van der Waals surface area contributed by atoms with E-state index in [1.807, 2.05) is 0 Å². The molecule has 0 amide bonds. The molecule has 69 heavy (non-hydrogen) atoms. The molecule has 3 aliphatic carbocycles. The van der Waals surface area contributed by atoms with Crippen molar-refractivity contribution >= 4 is 17.1 Å². The Morgan fingerprint density at radius 1 is 0.203 bits per heavy atom. The molecule has 0 N–H and O–H groups in total. The zero-order valence-electron chi connectivity index (χ0n) is 37.9. The molecule has 322 valence electrons. The Bertz CT molecular complexity index is 3690. The van der Waals surface area contributed by atoms with Gasteiger partial charge < -0.3 is 4.90 Å². The van der Waals surface area contributed by atoms with Gasteiger partial charge in [0, 0.05) is 17.1 Å². The zero-order valence-corrected chi connectivity index (χ0v) is 37.9. The minimum Gasteiger partial charge on any atom is -0.310 e. The van der Waals surface area contributed by atoms with E-state index in [9.17, 15) is 0 Å². The van der Waals surface area contributed by atoms with Crippen molar-refractivity contribution in [1.82, 2.24) is 0 Å². The summed E-state index contributed by atoms with van der Waals surface area (Å²) in [5.41, 5.74) is 25.3. The summed E-state index contributed by atoms with van der Waals surface area (Å²) in [5, 5.41) is 0. The molecule has 1 nitrogen and oxygen atoms in total. The molecule has 0 saturated carbocycles. The van der Waals surface area contributed by atoms with E-state index in [-0.39, 0.29) is 0 Å². The van der Waals surface area contributed by atoms with Crippen molar-refractivity contribution in [3.63, 3.8) is 0 Å². The van der Waals surface area contributed by atoms with Crippen LogP contribution in [0.2, 0.25) is 0 Å². The summed E-state index contributed by atoms with van der Waals surface area (Å²) in [6, 6.07) is 102. The van der Waals surface area contributed by atoms with Crippen molar-refractivity contribution < 1.29 is 0 Å². The van der Waals surface area contributed by atoms with Crippen molar-refractivity contribution in [2.75, 3.05) is 4.90 Å². The third kappa shape index (κ3) is 5.59. The fourth-order valence-corrected chi connectivity index (χ4v) is 12.7. The Kier molecular flexibility index (Phi) is 8.78. The fourth-order valence-electron chi connectivity index (χ4n) is 12.7. The molecular formula is C68H45N. The van der Waals surface area contributed by atoms with Gasteiger partial charge in [0.25, 0.3) is 0 Å². The first-order valence-electron chi connectivity index (χ1n) is 24.1. The average Bonchev–Trinajstić information content (AvgIpc) is 3.90.